The van der Waals surface area contributed by atoms with E-state index in [1.54, 1.807) is 0 Å². The van der Waals surface area contributed by atoms with Crippen molar-refractivity contribution < 1.29 is 9.53 Å². The molecule has 170 valence electrons. The molecule has 0 saturated heterocycles. The predicted molar refractivity (Wildman–Crippen MR) is 124 cm³/mol. The third-order valence-electron chi connectivity index (χ3n) is 6.30. The second-order valence-electron chi connectivity index (χ2n) is 8.42. The maximum absolute atomic E-state index is 12.9. The molecular formula is C25H28N6O2. The summed E-state index contributed by atoms with van der Waals surface area (Å²) in [5.41, 5.74) is 9.57. The Morgan fingerprint density at radius 3 is 2.48 bits per heavy atom. The predicted octanol–water partition coefficient (Wildman–Crippen LogP) is 3.51. The van der Waals surface area contributed by atoms with Gasteiger partial charge in [-0.1, -0.05) is 48.5 Å². The second kappa shape index (κ2) is 9.15. The fourth-order valence-corrected chi connectivity index (χ4v) is 4.53. The van der Waals surface area contributed by atoms with Crippen LogP contribution in [0.2, 0.25) is 0 Å². The molecule has 8 nitrogen and oxygen atoms in total. The number of ether oxygens (including phenoxy) is 1. The summed E-state index contributed by atoms with van der Waals surface area (Å²) in [6, 6.07) is 16.5. The molecule has 0 amide bonds. The Hall–Kier alpha value is -3.52. The zero-order valence-electron chi connectivity index (χ0n) is 18.9. The highest BCUT2D eigenvalue weighted by Gasteiger charge is 2.44. The molecule has 2 aromatic carbocycles. The summed E-state index contributed by atoms with van der Waals surface area (Å²) < 4.78 is 5.44. The van der Waals surface area contributed by atoms with Crippen LogP contribution in [0.1, 0.15) is 32.3 Å². The fraction of sp³-hybridized carbons (Fsp3) is 0.360. The summed E-state index contributed by atoms with van der Waals surface area (Å²) in [7, 11) is 0. The Labute approximate surface area is 193 Å². The Kier molecular flexibility index (Phi) is 5.92. The molecule has 33 heavy (non-hydrogen) atoms. The number of likely N-dealkylation sites (N-methyl/N-ethyl adjacent to an activating group) is 1. The first-order valence-electron chi connectivity index (χ1n) is 11.6. The lowest BCUT2D eigenvalue weighted by Crippen LogP contribution is -2.39. The van der Waals surface area contributed by atoms with Crippen LogP contribution in [-0.2, 0) is 16.0 Å². The van der Waals surface area contributed by atoms with E-state index < -0.39 is 0 Å². The lowest BCUT2D eigenvalue weighted by molar-refractivity contribution is -0.138. The summed E-state index contributed by atoms with van der Waals surface area (Å²) in [4.78, 5) is 12.9. The second-order valence-corrected chi connectivity index (χ2v) is 8.42. The van der Waals surface area contributed by atoms with E-state index >= 15 is 0 Å². The maximum atomic E-state index is 12.9. The molecule has 1 aromatic heterocycles. The van der Waals surface area contributed by atoms with Crippen LogP contribution in [0.4, 0.5) is 0 Å². The van der Waals surface area contributed by atoms with Gasteiger partial charge < -0.3 is 9.75 Å². The van der Waals surface area contributed by atoms with E-state index in [-0.39, 0.29) is 12.0 Å². The Bertz CT molecular complexity index is 1150. The van der Waals surface area contributed by atoms with E-state index in [9.17, 15) is 4.79 Å². The van der Waals surface area contributed by atoms with Gasteiger partial charge in [0, 0.05) is 24.2 Å². The summed E-state index contributed by atoms with van der Waals surface area (Å²) in [5.74, 6) is 0.888. The first kappa shape index (κ1) is 21.3. The Balaban J connectivity index is 1.44. The molecule has 2 N–H and O–H groups in total. The van der Waals surface area contributed by atoms with Gasteiger partial charge >= 0.3 is 5.97 Å². The molecule has 0 bridgehead atoms. The minimum atomic E-state index is -0.196. The van der Waals surface area contributed by atoms with Gasteiger partial charge in [0.1, 0.15) is 0 Å². The molecule has 1 atom stereocenters. The van der Waals surface area contributed by atoms with Crippen LogP contribution < -0.4 is 5.43 Å². The van der Waals surface area contributed by atoms with Crippen molar-refractivity contribution in [1.29, 1.82) is 0 Å². The van der Waals surface area contributed by atoms with Gasteiger partial charge in [-0.3, -0.25) is 0 Å². The highest BCUT2D eigenvalue weighted by Crippen LogP contribution is 2.41. The fourth-order valence-electron chi connectivity index (χ4n) is 4.53. The van der Waals surface area contributed by atoms with Crippen molar-refractivity contribution in [3.05, 3.63) is 65.4 Å². The maximum Gasteiger partial charge on any atom is 0.337 e. The van der Waals surface area contributed by atoms with Crippen molar-refractivity contribution in [3.8, 4) is 22.5 Å². The number of carbonyl (C=O) groups excluding carboxylic acids is 1. The van der Waals surface area contributed by atoms with E-state index in [0.29, 0.717) is 24.8 Å². The van der Waals surface area contributed by atoms with Crippen LogP contribution in [0.3, 0.4) is 0 Å². The number of allylic oxidation sites excluding steroid dienone is 1. The lowest BCUT2D eigenvalue weighted by atomic mass is 9.96. The average Bonchev–Trinajstić information content (AvgIpc) is 3.41. The number of nitrogens with one attached hydrogen (secondary N) is 2. The van der Waals surface area contributed by atoms with Crippen molar-refractivity contribution in [3.63, 3.8) is 0 Å². The van der Waals surface area contributed by atoms with Crippen molar-refractivity contribution in [2.75, 3.05) is 13.2 Å². The Morgan fingerprint density at radius 1 is 1.09 bits per heavy atom. The van der Waals surface area contributed by atoms with Gasteiger partial charge in [0.15, 0.2) is 0 Å². The van der Waals surface area contributed by atoms with Crippen LogP contribution in [0.25, 0.3) is 22.5 Å². The van der Waals surface area contributed by atoms with Crippen LogP contribution in [0.15, 0.2) is 59.8 Å². The summed E-state index contributed by atoms with van der Waals surface area (Å²) >= 11 is 0. The molecular weight excluding hydrogens is 416 g/mol. The minimum Gasteiger partial charge on any atom is -0.463 e. The van der Waals surface area contributed by atoms with Crippen LogP contribution >= 0.6 is 0 Å². The molecule has 1 saturated carbocycles. The summed E-state index contributed by atoms with van der Waals surface area (Å²) in [6.07, 6.45) is 2.98. The third-order valence-corrected chi connectivity index (χ3v) is 6.30. The monoisotopic (exact) mass is 444 g/mol. The molecule has 1 aliphatic heterocycles. The van der Waals surface area contributed by atoms with Crippen molar-refractivity contribution in [2.24, 2.45) is 5.92 Å². The molecule has 1 aliphatic carbocycles. The number of tetrazole rings is 1. The standard InChI is InChI=1S/C25H28N6O2/c1-3-31-21(22(25(32)33-4-2)23(28-31)18-13-14-18)15-16-9-11-17(12-10-16)19-7-5-6-8-20(19)24-26-29-30-27-24/h5-12,18,23,28H,3-4,13-15H2,1-2H3,(H,26,27,29,30). The van der Waals surface area contributed by atoms with Crippen LogP contribution in [0.5, 0.6) is 0 Å². The number of hydrazine groups is 1. The molecule has 1 unspecified atom stereocenters. The summed E-state index contributed by atoms with van der Waals surface area (Å²) in [5, 5.41) is 16.6. The highest BCUT2D eigenvalue weighted by atomic mass is 16.5. The normalized spacial score (nSPS) is 18.1. The largest absolute Gasteiger partial charge is 0.463 e. The Morgan fingerprint density at radius 2 is 1.85 bits per heavy atom. The molecule has 3 aromatic rings. The minimum absolute atomic E-state index is 0.0557. The number of carbonyl (C=O) groups is 1. The number of nitrogens with zero attached hydrogens (tertiary/aromatic N) is 4. The van der Waals surface area contributed by atoms with Gasteiger partial charge in [-0.05, 0) is 54.5 Å². The van der Waals surface area contributed by atoms with E-state index in [2.05, 4.69) is 68.3 Å². The number of aromatic amines is 1. The van der Waals surface area contributed by atoms with E-state index in [0.717, 1.165) is 52.9 Å². The number of esters is 1. The van der Waals surface area contributed by atoms with Gasteiger partial charge in [-0.25, -0.2) is 10.2 Å². The van der Waals surface area contributed by atoms with Gasteiger partial charge in [-0.2, -0.15) is 5.21 Å². The third kappa shape index (κ3) is 4.26. The molecule has 0 radical (unpaired) electrons. The van der Waals surface area contributed by atoms with Gasteiger partial charge in [-0.15, -0.1) is 10.2 Å². The first-order chi connectivity index (χ1) is 16.2. The number of hydrogen-bond donors (Lipinski definition) is 2. The number of hydrogen-bond acceptors (Lipinski definition) is 7. The smallest absolute Gasteiger partial charge is 0.337 e. The van der Waals surface area contributed by atoms with Gasteiger partial charge in [0.05, 0.1) is 18.2 Å². The topological polar surface area (TPSA) is 96.0 Å². The van der Waals surface area contributed by atoms with E-state index in [1.165, 1.54) is 0 Å². The molecule has 8 heteroatoms. The number of aromatic nitrogens is 4. The zero-order chi connectivity index (χ0) is 22.8. The molecule has 0 spiro atoms. The molecule has 1 fully saturated rings. The zero-order valence-corrected chi connectivity index (χ0v) is 18.9. The number of H-pyrrole nitrogens is 1. The quantitative estimate of drug-likeness (QED) is 0.513. The van der Waals surface area contributed by atoms with Crippen molar-refractivity contribution in [1.82, 2.24) is 31.1 Å². The van der Waals surface area contributed by atoms with E-state index in [4.69, 9.17) is 4.74 Å². The van der Waals surface area contributed by atoms with Crippen LogP contribution in [0, 0.1) is 5.92 Å². The first-order valence-corrected chi connectivity index (χ1v) is 11.6. The van der Waals surface area contributed by atoms with Gasteiger partial charge in [0.2, 0.25) is 5.82 Å². The van der Waals surface area contributed by atoms with Crippen LogP contribution in [-0.4, -0.2) is 50.8 Å². The highest BCUT2D eigenvalue weighted by molar-refractivity contribution is 5.91. The lowest BCUT2D eigenvalue weighted by Gasteiger charge is -2.22. The molecule has 2 aliphatic rings. The van der Waals surface area contributed by atoms with Crippen molar-refractivity contribution in [2.45, 2.75) is 39.2 Å². The average molecular weight is 445 g/mol. The van der Waals surface area contributed by atoms with Gasteiger partial charge in [0.25, 0.3) is 0 Å². The van der Waals surface area contributed by atoms with E-state index in [1.807, 2.05) is 25.1 Å². The number of benzene rings is 2. The number of rotatable bonds is 8. The summed E-state index contributed by atoms with van der Waals surface area (Å²) in [6.45, 7) is 5.13. The van der Waals surface area contributed by atoms with Crippen molar-refractivity contribution >= 4 is 5.97 Å². The molecule has 5 rings (SSSR count). The SMILES string of the molecule is CCOC(=O)C1=C(Cc2ccc(-c3ccccc3-c3nn[nH]n3)cc2)N(CC)NC1C1CC1. The molecule has 2 heterocycles.